The molecular formula is C9H14O4. The maximum Gasteiger partial charge on any atom is 0.172 e. The Kier molecular flexibility index (Phi) is 2.94. The van der Waals surface area contributed by atoms with Gasteiger partial charge in [0.15, 0.2) is 11.4 Å². The average molecular weight is 186 g/mol. The summed E-state index contributed by atoms with van der Waals surface area (Å²) in [5.74, 6) is 4.21. The molecule has 0 saturated carbocycles. The van der Waals surface area contributed by atoms with Gasteiger partial charge in [-0.1, -0.05) is 11.8 Å². The zero-order valence-corrected chi connectivity index (χ0v) is 7.83. The summed E-state index contributed by atoms with van der Waals surface area (Å²) in [7, 11) is 0. The summed E-state index contributed by atoms with van der Waals surface area (Å²) >= 11 is 0. The van der Waals surface area contributed by atoms with Gasteiger partial charge in [-0.05, 0) is 13.8 Å². The van der Waals surface area contributed by atoms with Crippen LogP contribution in [-0.4, -0.2) is 41.4 Å². The molecule has 0 radical (unpaired) electrons. The Balaban J connectivity index is 2.56. The Bertz CT molecular complexity index is 226. The van der Waals surface area contributed by atoms with Gasteiger partial charge in [0, 0.05) is 0 Å². The van der Waals surface area contributed by atoms with Gasteiger partial charge in [0.2, 0.25) is 0 Å². The highest BCUT2D eigenvalue weighted by Gasteiger charge is 2.37. The van der Waals surface area contributed by atoms with E-state index in [0.29, 0.717) is 0 Å². The number of rotatable bonds is 0. The molecule has 74 valence electrons. The van der Waals surface area contributed by atoms with Crippen molar-refractivity contribution in [3.63, 3.8) is 0 Å². The second kappa shape index (κ2) is 3.64. The smallest absolute Gasteiger partial charge is 0.172 e. The van der Waals surface area contributed by atoms with Gasteiger partial charge >= 0.3 is 0 Å². The molecule has 0 bridgehead atoms. The summed E-state index contributed by atoms with van der Waals surface area (Å²) in [5.41, 5.74) is -1.28. The summed E-state index contributed by atoms with van der Waals surface area (Å²) in [6.45, 7) is 3.48. The van der Waals surface area contributed by atoms with Gasteiger partial charge < -0.3 is 19.7 Å². The summed E-state index contributed by atoms with van der Waals surface area (Å²) < 4.78 is 10.4. The topological polar surface area (TPSA) is 58.9 Å². The van der Waals surface area contributed by atoms with E-state index in [1.807, 2.05) is 0 Å². The second-order valence-electron chi connectivity index (χ2n) is 3.47. The SMILES string of the molecule is CC1(C)OCC(O)(C#CCO)CO1. The molecule has 0 aromatic carbocycles. The van der Waals surface area contributed by atoms with Crippen molar-refractivity contribution in [1.29, 1.82) is 0 Å². The predicted molar refractivity (Wildman–Crippen MR) is 45.8 cm³/mol. The van der Waals surface area contributed by atoms with Crippen molar-refractivity contribution >= 4 is 0 Å². The minimum absolute atomic E-state index is 0.104. The fourth-order valence-corrected chi connectivity index (χ4v) is 0.946. The zero-order chi connectivity index (χ0) is 9.95. The normalized spacial score (nSPS) is 24.6. The van der Waals surface area contributed by atoms with Crippen LogP contribution in [-0.2, 0) is 9.47 Å². The fraction of sp³-hybridized carbons (Fsp3) is 0.778. The molecule has 1 heterocycles. The molecule has 0 spiro atoms. The molecule has 0 aromatic heterocycles. The van der Waals surface area contributed by atoms with Crippen molar-refractivity contribution in [1.82, 2.24) is 0 Å². The molecule has 4 nitrogen and oxygen atoms in total. The van der Waals surface area contributed by atoms with Gasteiger partial charge in [-0.3, -0.25) is 0 Å². The van der Waals surface area contributed by atoms with Crippen LogP contribution in [0.1, 0.15) is 13.8 Å². The van der Waals surface area contributed by atoms with Crippen LogP contribution in [0, 0.1) is 11.8 Å². The minimum Gasteiger partial charge on any atom is -0.384 e. The maximum atomic E-state index is 9.70. The first kappa shape index (κ1) is 10.5. The molecule has 13 heavy (non-hydrogen) atoms. The highest BCUT2D eigenvalue weighted by atomic mass is 16.7. The third-order valence-electron chi connectivity index (χ3n) is 1.72. The Labute approximate surface area is 77.5 Å². The van der Waals surface area contributed by atoms with E-state index in [1.54, 1.807) is 13.8 Å². The summed E-state index contributed by atoms with van der Waals surface area (Å²) in [4.78, 5) is 0. The Morgan fingerprint density at radius 2 is 1.85 bits per heavy atom. The van der Waals surface area contributed by atoms with Gasteiger partial charge in [0.05, 0.1) is 13.2 Å². The first-order valence-corrected chi connectivity index (χ1v) is 4.09. The lowest BCUT2D eigenvalue weighted by Crippen LogP contribution is -2.50. The molecule has 0 aromatic rings. The van der Waals surface area contributed by atoms with E-state index in [4.69, 9.17) is 14.6 Å². The highest BCUT2D eigenvalue weighted by Crippen LogP contribution is 2.22. The molecule has 1 aliphatic heterocycles. The van der Waals surface area contributed by atoms with Crippen molar-refractivity contribution in [3.8, 4) is 11.8 Å². The van der Waals surface area contributed by atoms with E-state index >= 15 is 0 Å². The monoisotopic (exact) mass is 186 g/mol. The molecule has 1 fully saturated rings. The van der Waals surface area contributed by atoms with Crippen LogP contribution in [0.2, 0.25) is 0 Å². The molecule has 1 saturated heterocycles. The minimum atomic E-state index is -1.28. The van der Waals surface area contributed by atoms with E-state index in [9.17, 15) is 5.11 Å². The van der Waals surface area contributed by atoms with E-state index in [2.05, 4.69) is 11.8 Å². The van der Waals surface area contributed by atoms with Crippen LogP contribution in [0.4, 0.5) is 0 Å². The maximum absolute atomic E-state index is 9.70. The first-order chi connectivity index (χ1) is 5.97. The zero-order valence-electron chi connectivity index (χ0n) is 7.83. The number of ether oxygens (including phenoxy) is 2. The van der Waals surface area contributed by atoms with E-state index in [1.165, 1.54) is 0 Å². The van der Waals surface area contributed by atoms with Crippen LogP contribution >= 0.6 is 0 Å². The Hall–Kier alpha value is -0.600. The van der Waals surface area contributed by atoms with Crippen LogP contribution in [0.25, 0.3) is 0 Å². The van der Waals surface area contributed by atoms with Crippen LogP contribution in [0.5, 0.6) is 0 Å². The van der Waals surface area contributed by atoms with Crippen molar-refractivity contribution in [2.24, 2.45) is 0 Å². The van der Waals surface area contributed by atoms with Gasteiger partial charge in [-0.25, -0.2) is 0 Å². The average Bonchev–Trinajstić information content (AvgIpc) is 2.08. The fourth-order valence-electron chi connectivity index (χ4n) is 0.946. The molecule has 1 aliphatic rings. The molecule has 4 heteroatoms. The lowest BCUT2D eigenvalue weighted by atomic mass is 10.1. The standard InChI is InChI=1S/C9H14O4/c1-8(2)12-6-9(11,7-13-8)4-3-5-10/h10-11H,5-7H2,1-2H3. The molecule has 0 atom stereocenters. The largest absolute Gasteiger partial charge is 0.384 e. The first-order valence-electron chi connectivity index (χ1n) is 4.09. The third kappa shape index (κ3) is 2.98. The van der Waals surface area contributed by atoms with Gasteiger partial charge in [0.25, 0.3) is 0 Å². The van der Waals surface area contributed by atoms with Gasteiger partial charge in [-0.15, -0.1) is 0 Å². The van der Waals surface area contributed by atoms with E-state index in [-0.39, 0.29) is 19.8 Å². The van der Waals surface area contributed by atoms with Crippen LogP contribution < -0.4 is 0 Å². The Morgan fingerprint density at radius 1 is 1.31 bits per heavy atom. The third-order valence-corrected chi connectivity index (χ3v) is 1.72. The number of hydrogen-bond donors (Lipinski definition) is 2. The number of aliphatic hydroxyl groups excluding tert-OH is 1. The van der Waals surface area contributed by atoms with Crippen molar-refractivity contribution < 1.29 is 19.7 Å². The van der Waals surface area contributed by atoms with Crippen molar-refractivity contribution in [2.45, 2.75) is 25.2 Å². The van der Waals surface area contributed by atoms with Gasteiger partial charge in [0.1, 0.15) is 6.61 Å². The number of aliphatic hydroxyl groups is 2. The van der Waals surface area contributed by atoms with Crippen molar-refractivity contribution in [3.05, 3.63) is 0 Å². The van der Waals surface area contributed by atoms with Gasteiger partial charge in [-0.2, -0.15) is 0 Å². The lowest BCUT2D eigenvalue weighted by molar-refractivity contribution is -0.288. The number of hydrogen-bond acceptors (Lipinski definition) is 4. The Morgan fingerprint density at radius 3 is 2.31 bits per heavy atom. The van der Waals surface area contributed by atoms with Crippen LogP contribution in [0.3, 0.4) is 0 Å². The quantitative estimate of drug-likeness (QED) is 0.500. The van der Waals surface area contributed by atoms with E-state index in [0.717, 1.165) is 0 Å². The predicted octanol–water partition coefficient (Wildman–Crippen LogP) is -0.504. The summed E-state index contributed by atoms with van der Waals surface area (Å²) in [5, 5.41) is 18.1. The summed E-state index contributed by atoms with van der Waals surface area (Å²) in [6.07, 6.45) is 0. The molecule has 0 amide bonds. The molecule has 1 rings (SSSR count). The molecule has 2 N–H and O–H groups in total. The lowest BCUT2D eigenvalue weighted by Gasteiger charge is -2.37. The highest BCUT2D eigenvalue weighted by molar-refractivity contribution is 5.15. The van der Waals surface area contributed by atoms with Crippen molar-refractivity contribution in [2.75, 3.05) is 19.8 Å². The van der Waals surface area contributed by atoms with E-state index < -0.39 is 11.4 Å². The summed E-state index contributed by atoms with van der Waals surface area (Å²) in [6, 6.07) is 0. The molecular weight excluding hydrogens is 172 g/mol. The van der Waals surface area contributed by atoms with Crippen LogP contribution in [0.15, 0.2) is 0 Å². The molecule has 0 unspecified atom stereocenters. The second-order valence-corrected chi connectivity index (χ2v) is 3.47. The molecule has 0 aliphatic carbocycles.